The number of halogens is 2. The fourth-order valence-electron chi connectivity index (χ4n) is 3.46. The Morgan fingerprint density at radius 1 is 0.976 bits per heavy atom. The number of terminal acetylenes is 1. The molecule has 0 aliphatic carbocycles. The molecule has 1 saturated heterocycles. The fourth-order valence-corrected chi connectivity index (χ4v) is 3.46. The van der Waals surface area contributed by atoms with Gasteiger partial charge in [0, 0.05) is 26.1 Å². The maximum Gasteiger partial charge on any atom is -0.693 e. The van der Waals surface area contributed by atoms with Gasteiger partial charge in [-0.15, -0.1) is 11.4 Å². The van der Waals surface area contributed by atoms with Crippen LogP contribution in [-0.2, 0) is 30.9 Å². The SMILES string of the molecule is C#CCO/N=[N+](\[O-])N1CCN(C(=O)CCC(=O)O)CC1.CCCCCCCCCCCCNC(=O)O.[Cl][Pt+2][Cl].[NH2-].[NH2-]. The Kier molecular flexibility index (Phi) is 38.3. The van der Waals surface area contributed by atoms with Crippen molar-refractivity contribution < 1.29 is 50.9 Å². The number of unbranched alkanes of at least 4 members (excludes halogenated alkanes) is 9. The van der Waals surface area contributed by atoms with Crippen molar-refractivity contribution in [2.24, 2.45) is 5.28 Å². The zero-order valence-corrected chi connectivity index (χ0v) is 27.5. The van der Waals surface area contributed by atoms with Crippen LogP contribution in [0.15, 0.2) is 5.28 Å². The van der Waals surface area contributed by atoms with E-state index in [9.17, 15) is 19.6 Å². The molecule has 0 radical (unpaired) electrons. The molecular weight excluding hydrogens is 764 g/mol. The number of piperazine rings is 1. The molecule has 2 amide bonds. The molecule has 0 bridgehead atoms. The normalized spacial score (nSPS) is 12.2. The van der Waals surface area contributed by atoms with E-state index in [4.69, 9.17) is 35.5 Å². The maximum atomic E-state index is 11.7. The van der Waals surface area contributed by atoms with Crippen molar-refractivity contribution in [3.8, 4) is 12.3 Å². The first-order valence-corrected chi connectivity index (χ1v) is 18.6. The second-order valence-corrected chi connectivity index (χ2v) is 11.8. The average molecular weight is 812 g/mol. The van der Waals surface area contributed by atoms with Gasteiger partial charge in [0.2, 0.25) is 11.2 Å². The van der Waals surface area contributed by atoms with E-state index in [0.29, 0.717) is 37.7 Å². The van der Waals surface area contributed by atoms with E-state index in [1.807, 2.05) is 0 Å². The van der Waals surface area contributed by atoms with Gasteiger partial charge in [0.15, 0.2) is 6.61 Å². The monoisotopic (exact) mass is 810 g/mol. The van der Waals surface area contributed by atoms with Crippen molar-refractivity contribution in [3.05, 3.63) is 17.5 Å². The Morgan fingerprint density at radius 2 is 1.46 bits per heavy atom. The van der Waals surface area contributed by atoms with Crippen LogP contribution in [0, 0.1) is 17.6 Å². The number of rotatable bonds is 17. The van der Waals surface area contributed by atoms with Gasteiger partial charge in [-0.05, 0) is 6.42 Å². The molecule has 0 spiro atoms. The van der Waals surface area contributed by atoms with Gasteiger partial charge in [0.1, 0.15) is 0 Å². The molecular formula is C24H47Cl2N7O7Pt. The zero-order valence-electron chi connectivity index (χ0n) is 23.8. The number of hydrazine groups is 1. The molecule has 0 atom stereocenters. The van der Waals surface area contributed by atoms with E-state index in [2.05, 4.69) is 28.3 Å². The summed E-state index contributed by atoms with van der Waals surface area (Å²) in [6.45, 7) is 4.02. The first-order chi connectivity index (χ1) is 18.7. The van der Waals surface area contributed by atoms with Crippen molar-refractivity contribution in [2.45, 2.75) is 84.0 Å². The quantitative estimate of drug-likeness (QED) is 0.0487. The van der Waals surface area contributed by atoms with Gasteiger partial charge < -0.3 is 42.8 Å². The summed E-state index contributed by atoms with van der Waals surface area (Å²) < 4.78 is 0. The number of nitrogens with zero attached hydrogens (tertiary/aromatic N) is 4. The van der Waals surface area contributed by atoms with Gasteiger partial charge in [0.05, 0.1) is 24.5 Å². The second kappa shape index (κ2) is 34.2. The number of nitrogens with two attached hydrogens (primary N) is 2. The molecule has 0 aromatic carbocycles. The molecule has 1 heterocycles. The van der Waals surface area contributed by atoms with E-state index in [-0.39, 0.29) is 37.7 Å². The van der Waals surface area contributed by atoms with Crippen molar-refractivity contribution in [3.63, 3.8) is 0 Å². The molecule has 0 unspecified atom stereocenters. The minimum Gasteiger partial charge on any atom is -0.693 e. The number of aliphatic carboxylic acids is 1. The van der Waals surface area contributed by atoms with Crippen LogP contribution in [-0.4, -0.2) is 82.4 Å². The van der Waals surface area contributed by atoms with Gasteiger partial charge in [-0.1, -0.05) is 70.6 Å². The van der Waals surface area contributed by atoms with Crippen LogP contribution < -0.4 is 5.32 Å². The van der Waals surface area contributed by atoms with Crippen LogP contribution in [0.1, 0.15) is 84.0 Å². The minimum atomic E-state index is -1.01. The Hall–Kier alpha value is -2.04. The molecule has 1 aliphatic heterocycles. The van der Waals surface area contributed by atoms with Crippen molar-refractivity contribution in [1.82, 2.24) is 15.2 Å². The Labute approximate surface area is 260 Å². The Balaban J connectivity index is -0.000000297. The molecule has 0 saturated carbocycles. The Morgan fingerprint density at radius 3 is 1.90 bits per heavy atom. The molecule has 1 fully saturated rings. The van der Waals surface area contributed by atoms with Crippen LogP contribution in [0.4, 0.5) is 4.79 Å². The summed E-state index contributed by atoms with van der Waals surface area (Å²) in [5, 5.41) is 35.3. The molecule has 1 rings (SSSR count). The van der Waals surface area contributed by atoms with Crippen molar-refractivity contribution >= 4 is 36.8 Å². The third-order valence-corrected chi connectivity index (χ3v) is 5.49. The minimum absolute atomic E-state index is 0. The summed E-state index contributed by atoms with van der Waals surface area (Å²) in [5.74, 6) is 0.932. The van der Waals surface area contributed by atoms with Crippen LogP contribution in [0.2, 0.25) is 0 Å². The largest absolute Gasteiger partial charge is 0.693 e. The summed E-state index contributed by atoms with van der Waals surface area (Å²) in [6, 6.07) is 0. The smallest absolute Gasteiger partial charge is 0.693 e. The molecule has 1 aliphatic rings. The fraction of sp³-hybridized carbons (Fsp3) is 0.792. The molecule has 41 heavy (non-hydrogen) atoms. The predicted octanol–water partition coefficient (Wildman–Crippen LogP) is 6.42. The molecule has 14 nitrogen and oxygen atoms in total. The molecule has 0 aromatic heterocycles. The number of carbonyl (C=O) groups excluding carboxylic acids is 1. The van der Waals surface area contributed by atoms with Gasteiger partial charge in [0.25, 0.3) is 0 Å². The molecule has 244 valence electrons. The van der Waals surface area contributed by atoms with Gasteiger partial charge in [-0.3, -0.25) is 9.59 Å². The third-order valence-electron chi connectivity index (χ3n) is 5.49. The van der Waals surface area contributed by atoms with Gasteiger partial charge in [-0.2, -0.15) is 0 Å². The molecule has 0 aromatic rings. The number of carboxylic acids is 1. The summed E-state index contributed by atoms with van der Waals surface area (Å²) in [6.07, 6.45) is 16.7. The van der Waals surface area contributed by atoms with Crippen LogP contribution >= 0.6 is 18.8 Å². The maximum absolute atomic E-state index is 11.7. The number of carbonyl (C=O) groups is 3. The number of amides is 2. The van der Waals surface area contributed by atoms with Crippen LogP contribution in [0.3, 0.4) is 0 Å². The number of carboxylic acid groups (broad SMARTS) is 2. The topological polar surface area (TPSA) is 225 Å². The summed E-state index contributed by atoms with van der Waals surface area (Å²) in [4.78, 5) is 38.6. The third kappa shape index (κ3) is 32.3. The summed E-state index contributed by atoms with van der Waals surface area (Å²) in [7, 11) is 9.75. The Bertz CT molecular complexity index is 727. The standard InChI is InChI=1S/C13H27NO2.C11H16N4O5.2ClH.2H2N.Pt/c1-2-3-4-5-6-7-8-9-10-11-12-14-13(15)16;1-2-9-20-12-15(19)14-7-5-13(6-8-14)10(16)3-4-11(17)18;;;;;/h14H,2-12H2,1H3,(H,15,16);1H,3-9H2,(H,17,18);2*1H;2*1H2;/q;;;;2*-1;+4/p-2/b;15-12-;;;;;. The second-order valence-electron chi connectivity index (χ2n) is 8.50. The van der Waals surface area contributed by atoms with Crippen LogP contribution in [0.5, 0.6) is 0 Å². The van der Waals surface area contributed by atoms with E-state index in [0.717, 1.165) is 12.8 Å². The number of nitrogens with one attached hydrogen (secondary N) is 1. The summed E-state index contributed by atoms with van der Waals surface area (Å²) in [5.41, 5.74) is 0. The average Bonchev–Trinajstić information content (AvgIpc) is 2.91. The predicted molar refractivity (Wildman–Crippen MR) is 156 cm³/mol. The molecule has 17 heteroatoms. The first kappa shape index (κ1) is 45.9. The zero-order chi connectivity index (χ0) is 29.7. The number of hydrogen-bond acceptors (Lipinski definition) is 6. The van der Waals surface area contributed by atoms with Crippen LogP contribution in [0.25, 0.3) is 12.3 Å². The van der Waals surface area contributed by atoms with Crippen molar-refractivity contribution in [1.29, 1.82) is 0 Å². The van der Waals surface area contributed by atoms with Gasteiger partial charge in [-0.25, -0.2) is 4.79 Å². The van der Waals surface area contributed by atoms with E-state index >= 15 is 0 Å². The van der Waals surface area contributed by atoms with Crippen molar-refractivity contribution in [2.75, 3.05) is 39.3 Å². The van der Waals surface area contributed by atoms with Gasteiger partial charge >= 0.3 is 47.4 Å². The van der Waals surface area contributed by atoms with E-state index in [1.165, 1.54) is 61.3 Å². The van der Waals surface area contributed by atoms with E-state index < -0.39 is 28.5 Å². The first-order valence-electron chi connectivity index (χ1n) is 13.0. The van der Waals surface area contributed by atoms with E-state index in [1.54, 1.807) is 0 Å². The molecule has 7 N–H and O–H groups in total. The summed E-state index contributed by atoms with van der Waals surface area (Å²) >= 11 is -0.472. The number of hydrogen-bond donors (Lipinski definition) is 3.